The molecule has 1 fully saturated rings. The molecule has 0 aromatic carbocycles. The van der Waals surface area contributed by atoms with Crippen molar-refractivity contribution in [2.24, 2.45) is 11.8 Å². The van der Waals surface area contributed by atoms with Gasteiger partial charge in [-0.1, -0.05) is 13.8 Å². The fraction of sp³-hybridized carbons (Fsp3) is 0.800. The van der Waals surface area contributed by atoms with Crippen LogP contribution in [0.15, 0.2) is 12.4 Å². The van der Waals surface area contributed by atoms with E-state index in [4.69, 9.17) is 0 Å². The molecule has 4 unspecified atom stereocenters. The number of nitrogens with one attached hydrogen (secondary N) is 1. The summed E-state index contributed by atoms with van der Waals surface area (Å²) in [5.74, 6) is 2.84. The van der Waals surface area contributed by atoms with Crippen LogP contribution in [0.2, 0.25) is 0 Å². The summed E-state index contributed by atoms with van der Waals surface area (Å²) in [6.07, 6.45) is 6.69. The maximum Gasteiger partial charge on any atom is 0.122 e. The highest BCUT2D eigenvalue weighted by molar-refractivity contribution is 5.00. The Bertz CT molecular complexity index is 428. The minimum absolute atomic E-state index is 0.625. The summed E-state index contributed by atoms with van der Waals surface area (Å²) >= 11 is 0. The molecule has 0 amide bonds. The van der Waals surface area contributed by atoms with Crippen LogP contribution in [0.5, 0.6) is 0 Å². The summed E-state index contributed by atoms with van der Waals surface area (Å²) in [6.45, 7) is 8.07. The van der Waals surface area contributed by atoms with Crippen LogP contribution < -0.4 is 5.32 Å². The molecule has 106 valence electrons. The number of hydrogen-bond acceptors (Lipinski definition) is 3. The third-order valence-corrected chi connectivity index (χ3v) is 4.99. The van der Waals surface area contributed by atoms with Gasteiger partial charge in [-0.25, -0.2) is 4.98 Å². The van der Waals surface area contributed by atoms with Gasteiger partial charge in [0, 0.05) is 37.6 Å². The first-order chi connectivity index (χ1) is 9.19. The SMILES string of the molecule is CNC1CC(C)CC(C)C1N1CCn2ccnc2C1. The monoisotopic (exact) mass is 262 g/mol. The van der Waals surface area contributed by atoms with Crippen LogP contribution in [-0.2, 0) is 13.1 Å². The van der Waals surface area contributed by atoms with Crippen molar-refractivity contribution in [1.29, 1.82) is 0 Å². The van der Waals surface area contributed by atoms with E-state index in [0.29, 0.717) is 12.1 Å². The van der Waals surface area contributed by atoms with Gasteiger partial charge in [0.15, 0.2) is 0 Å². The normalized spacial score (nSPS) is 36.2. The molecule has 1 aromatic rings. The summed E-state index contributed by atoms with van der Waals surface area (Å²) in [6, 6.07) is 1.28. The molecule has 0 spiro atoms. The summed E-state index contributed by atoms with van der Waals surface area (Å²) in [4.78, 5) is 7.15. The summed E-state index contributed by atoms with van der Waals surface area (Å²) in [5.41, 5.74) is 0. The average molecular weight is 262 g/mol. The molecule has 0 saturated heterocycles. The minimum atomic E-state index is 0.625. The van der Waals surface area contributed by atoms with Gasteiger partial charge in [-0.15, -0.1) is 0 Å². The molecule has 2 heterocycles. The van der Waals surface area contributed by atoms with Crippen molar-refractivity contribution in [3.63, 3.8) is 0 Å². The van der Waals surface area contributed by atoms with E-state index < -0.39 is 0 Å². The van der Waals surface area contributed by atoms with Crippen molar-refractivity contribution in [1.82, 2.24) is 19.8 Å². The number of nitrogens with zero attached hydrogens (tertiary/aromatic N) is 3. The Morgan fingerprint density at radius 3 is 2.89 bits per heavy atom. The lowest BCUT2D eigenvalue weighted by Crippen LogP contribution is -2.57. The van der Waals surface area contributed by atoms with E-state index in [1.165, 1.54) is 18.7 Å². The molecule has 1 saturated carbocycles. The second kappa shape index (κ2) is 5.25. The molecule has 4 atom stereocenters. The van der Waals surface area contributed by atoms with E-state index in [1.807, 2.05) is 6.20 Å². The zero-order valence-corrected chi connectivity index (χ0v) is 12.3. The lowest BCUT2D eigenvalue weighted by Gasteiger charge is -2.46. The minimum Gasteiger partial charge on any atom is -0.333 e. The average Bonchev–Trinajstić information content (AvgIpc) is 2.84. The molecule has 1 N–H and O–H groups in total. The number of hydrogen-bond donors (Lipinski definition) is 1. The van der Waals surface area contributed by atoms with Crippen molar-refractivity contribution in [2.75, 3.05) is 13.6 Å². The molecule has 3 rings (SSSR count). The van der Waals surface area contributed by atoms with E-state index in [0.717, 1.165) is 31.5 Å². The highest BCUT2D eigenvalue weighted by Crippen LogP contribution is 2.33. The molecule has 4 nitrogen and oxygen atoms in total. The van der Waals surface area contributed by atoms with Crippen LogP contribution in [0.4, 0.5) is 0 Å². The number of fused-ring (bicyclic) bond motifs is 1. The van der Waals surface area contributed by atoms with Gasteiger partial charge in [-0.05, 0) is 31.7 Å². The molecule has 0 radical (unpaired) electrons. The Morgan fingerprint density at radius 1 is 1.26 bits per heavy atom. The predicted octanol–water partition coefficient (Wildman–Crippen LogP) is 1.72. The molecule has 0 bridgehead atoms. The molecule has 19 heavy (non-hydrogen) atoms. The first-order valence-corrected chi connectivity index (χ1v) is 7.60. The largest absolute Gasteiger partial charge is 0.333 e. The Kier molecular flexibility index (Phi) is 3.63. The highest BCUT2D eigenvalue weighted by Gasteiger charge is 2.38. The first kappa shape index (κ1) is 13.1. The van der Waals surface area contributed by atoms with E-state index >= 15 is 0 Å². The molecule has 1 aliphatic heterocycles. The third kappa shape index (κ3) is 2.43. The Balaban J connectivity index is 1.77. The fourth-order valence-corrected chi connectivity index (χ4v) is 4.19. The fourth-order valence-electron chi connectivity index (χ4n) is 4.19. The lowest BCUT2D eigenvalue weighted by atomic mass is 9.75. The van der Waals surface area contributed by atoms with Gasteiger partial charge in [-0.3, -0.25) is 4.90 Å². The maximum atomic E-state index is 4.49. The summed E-state index contributed by atoms with van der Waals surface area (Å²) < 4.78 is 2.29. The van der Waals surface area contributed by atoms with Gasteiger partial charge in [0.2, 0.25) is 0 Å². The Morgan fingerprint density at radius 2 is 2.11 bits per heavy atom. The van der Waals surface area contributed by atoms with E-state index in [-0.39, 0.29) is 0 Å². The Labute approximate surface area is 116 Å². The van der Waals surface area contributed by atoms with Crippen molar-refractivity contribution in [3.8, 4) is 0 Å². The zero-order valence-electron chi connectivity index (χ0n) is 12.3. The maximum absolute atomic E-state index is 4.49. The van der Waals surface area contributed by atoms with Crippen molar-refractivity contribution in [3.05, 3.63) is 18.2 Å². The topological polar surface area (TPSA) is 33.1 Å². The van der Waals surface area contributed by atoms with Crippen molar-refractivity contribution >= 4 is 0 Å². The zero-order chi connectivity index (χ0) is 13.4. The highest BCUT2D eigenvalue weighted by atomic mass is 15.3. The second-order valence-electron chi connectivity index (χ2n) is 6.45. The van der Waals surface area contributed by atoms with Crippen molar-refractivity contribution < 1.29 is 0 Å². The second-order valence-corrected chi connectivity index (χ2v) is 6.45. The van der Waals surface area contributed by atoms with Gasteiger partial charge in [0.1, 0.15) is 5.82 Å². The van der Waals surface area contributed by atoms with Gasteiger partial charge in [0.25, 0.3) is 0 Å². The van der Waals surface area contributed by atoms with Gasteiger partial charge in [0.05, 0.1) is 6.54 Å². The van der Waals surface area contributed by atoms with E-state index in [1.54, 1.807) is 0 Å². The number of likely N-dealkylation sites (N-methyl/N-ethyl adjacent to an activating group) is 1. The predicted molar refractivity (Wildman–Crippen MR) is 76.8 cm³/mol. The van der Waals surface area contributed by atoms with Crippen molar-refractivity contribution in [2.45, 2.75) is 51.9 Å². The first-order valence-electron chi connectivity index (χ1n) is 7.60. The van der Waals surface area contributed by atoms with Crippen LogP contribution in [0.25, 0.3) is 0 Å². The smallest absolute Gasteiger partial charge is 0.122 e. The number of aromatic nitrogens is 2. The quantitative estimate of drug-likeness (QED) is 0.881. The van der Waals surface area contributed by atoms with Crippen LogP contribution >= 0.6 is 0 Å². The number of imidazole rings is 1. The van der Waals surface area contributed by atoms with Gasteiger partial charge in [-0.2, -0.15) is 0 Å². The number of rotatable bonds is 2. The van der Waals surface area contributed by atoms with Gasteiger partial charge >= 0.3 is 0 Å². The molecular weight excluding hydrogens is 236 g/mol. The molecule has 1 aromatic heterocycles. The summed E-state index contributed by atoms with van der Waals surface area (Å²) in [5, 5.41) is 3.56. The van der Waals surface area contributed by atoms with E-state index in [9.17, 15) is 0 Å². The van der Waals surface area contributed by atoms with Crippen LogP contribution in [0.1, 0.15) is 32.5 Å². The third-order valence-electron chi connectivity index (χ3n) is 4.99. The standard InChI is InChI=1S/C15H26N4/c1-11-8-12(2)15(13(9-11)16-3)19-7-6-18-5-4-17-14(18)10-19/h4-5,11-13,15-16H,6-10H2,1-3H3. The molecular formula is C15H26N4. The van der Waals surface area contributed by atoms with Crippen LogP contribution in [-0.4, -0.2) is 40.1 Å². The molecule has 4 heteroatoms. The summed E-state index contributed by atoms with van der Waals surface area (Å²) in [7, 11) is 2.12. The molecule has 1 aliphatic carbocycles. The molecule has 2 aliphatic rings. The van der Waals surface area contributed by atoms with Crippen LogP contribution in [0, 0.1) is 11.8 Å². The van der Waals surface area contributed by atoms with Gasteiger partial charge < -0.3 is 9.88 Å². The lowest BCUT2D eigenvalue weighted by molar-refractivity contribution is 0.0437. The van der Waals surface area contributed by atoms with Crippen LogP contribution in [0.3, 0.4) is 0 Å². The van der Waals surface area contributed by atoms with E-state index in [2.05, 4.69) is 46.9 Å². The Hall–Kier alpha value is -0.870.